The molecule has 0 radical (unpaired) electrons. The Kier molecular flexibility index (Phi) is 11.2. The summed E-state index contributed by atoms with van der Waals surface area (Å²) in [6, 6.07) is 7.69. The summed E-state index contributed by atoms with van der Waals surface area (Å²) in [7, 11) is 0. The molecule has 7 nitrogen and oxygen atoms in total. The molecule has 1 aromatic carbocycles. The van der Waals surface area contributed by atoms with Gasteiger partial charge in [-0.3, -0.25) is 14.9 Å². The summed E-state index contributed by atoms with van der Waals surface area (Å²) < 4.78 is 5.22. The van der Waals surface area contributed by atoms with Gasteiger partial charge in [0, 0.05) is 6.54 Å². The monoisotopic (exact) mass is 446 g/mol. The maximum Gasteiger partial charge on any atom is 0.326 e. The van der Waals surface area contributed by atoms with Crippen molar-refractivity contribution in [3.05, 3.63) is 35.9 Å². The molecule has 1 amide bonds. The second-order valence-electron chi connectivity index (χ2n) is 8.51. The molecule has 2 rings (SSSR count). The van der Waals surface area contributed by atoms with Crippen molar-refractivity contribution in [1.82, 2.24) is 10.2 Å². The Bertz CT molecular complexity index is 724. The lowest BCUT2D eigenvalue weighted by atomic mass is 10.0. The standard InChI is InChI=1S/C25H38N2O5/c1-3-32-25(31)21(17-16-20-13-9-8-10-14-20)26-19(2)23(28)27-18-12-7-5-4-6-11-15-22(27)24(29)30/h8-10,13-14,19,21-22,26H,3-7,11-12,15-18H2,1-2H3,(H,29,30)/t19-,21?,22?/m0/s1. The predicted molar refractivity (Wildman–Crippen MR) is 123 cm³/mol. The number of carboxylic acids is 1. The number of aliphatic carboxylic acids is 1. The van der Waals surface area contributed by atoms with E-state index in [2.05, 4.69) is 5.32 Å². The van der Waals surface area contributed by atoms with Crippen molar-refractivity contribution in [3.63, 3.8) is 0 Å². The average Bonchev–Trinajstić information content (AvgIpc) is 2.79. The number of aryl methyl sites for hydroxylation is 1. The zero-order valence-corrected chi connectivity index (χ0v) is 19.4. The minimum Gasteiger partial charge on any atom is -0.480 e. The van der Waals surface area contributed by atoms with Crippen LogP contribution in [-0.2, 0) is 25.5 Å². The fraction of sp³-hybridized carbons (Fsp3) is 0.640. The third-order valence-corrected chi connectivity index (χ3v) is 6.03. The van der Waals surface area contributed by atoms with Gasteiger partial charge in [-0.25, -0.2) is 4.79 Å². The van der Waals surface area contributed by atoms with Gasteiger partial charge >= 0.3 is 11.9 Å². The van der Waals surface area contributed by atoms with E-state index in [4.69, 9.17) is 4.74 Å². The lowest BCUT2D eigenvalue weighted by molar-refractivity contribution is -0.152. The van der Waals surface area contributed by atoms with E-state index in [9.17, 15) is 19.5 Å². The summed E-state index contributed by atoms with van der Waals surface area (Å²) in [5.74, 6) is -1.62. The second-order valence-corrected chi connectivity index (χ2v) is 8.51. The molecule has 1 aliphatic rings. The lowest BCUT2D eigenvalue weighted by Gasteiger charge is -2.33. The van der Waals surface area contributed by atoms with Gasteiger partial charge in [0.2, 0.25) is 5.91 Å². The molecular weight excluding hydrogens is 408 g/mol. The van der Waals surface area contributed by atoms with E-state index in [-0.39, 0.29) is 18.5 Å². The van der Waals surface area contributed by atoms with E-state index in [0.29, 0.717) is 25.8 Å². The van der Waals surface area contributed by atoms with Crippen molar-refractivity contribution in [2.24, 2.45) is 0 Å². The Hall–Kier alpha value is -2.41. The van der Waals surface area contributed by atoms with Gasteiger partial charge in [0.15, 0.2) is 0 Å². The van der Waals surface area contributed by atoms with Crippen LogP contribution in [0.2, 0.25) is 0 Å². The zero-order chi connectivity index (χ0) is 23.3. The van der Waals surface area contributed by atoms with Crippen LogP contribution in [0, 0.1) is 0 Å². The van der Waals surface area contributed by atoms with Crippen LogP contribution in [0.3, 0.4) is 0 Å². The maximum atomic E-state index is 13.3. The Morgan fingerprint density at radius 1 is 1.09 bits per heavy atom. The van der Waals surface area contributed by atoms with Gasteiger partial charge in [-0.2, -0.15) is 0 Å². The van der Waals surface area contributed by atoms with Crippen molar-refractivity contribution in [1.29, 1.82) is 0 Å². The summed E-state index contributed by atoms with van der Waals surface area (Å²) >= 11 is 0. The molecule has 1 aromatic rings. The minimum atomic E-state index is -0.961. The molecule has 1 heterocycles. The largest absolute Gasteiger partial charge is 0.480 e. The van der Waals surface area contributed by atoms with Crippen LogP contribution < -0.4 is 5.32 Å². The molecule has 0 aliphatic carbocycles. The second kappa shape index (κ2) is 13.9. The molecule has 32 heavy (non-hydrogen) atoms. The number of hydrogen-bond acceptors (Lipinski definition) is 5. The zero-order valence-electron chi connectivity index (χ0n) is 19.4. The van der Waals surface area contributed by atoms with Crippen LogP contribution in [0.5, 0.6) is 0 Å². The van der Waals surface area contributed by atoms with E-state index < -0.39 is 24.1 Å². The highest BCUT2D eigenvalue weighted by Gasteiger charge is 2.33. The van der Waals surface area contributed by atoms with E-state index in [1.54, 1.807) is 13.8 Å². The fourth-order valence-corrected chi connectivity index (χ4v) is 4.25. The molecule has 2 unspecified atom stereocenters. The highest BCUT2D eigenvalue weighted by molar-refractivity contribution is 5.87. The van der Waals surface area contributed by atoms with Crippen molar-refractivity contribution < 1.29 is 24.2 Å². The quantitative estimate of drug-likeness (QED) is 0.563. The molecule has 1 saturated heterocycles. The number of rotatable bonds is 9. The highest BCUT2D eigenvalue weighted by atomic mass is 16.5. The Labute approximate surface area is 191 Å². The van der Waals surface area contributed by atoms with Gasteiger partial charge in [-0.05, 0) is 45.1 Å². The van der Waals surface area contributed by atoms with Crippen LogP contribution >= 0.6 is 0 Å². The first-order valence-electron chi connectivity index (χ1n) is 11.9. The number of benzene rings is 1. The number of carboxylic acid groups (broad SMARTS) is 1. The van der Waals surface area contributed by atoms with Gasteiger partial charge in [0.05, 0.1) is 12.6 Å². The first-order valence-corrected chi connectivity index (χ1v) is 11.9. The molecule has 0 saturated carbocycles. The number of carbonyl (C=O) groups is 3. The van der Waals surface area contributed by atoms with Crippen molar-refractivity contribution in [2.45, 2.75) is 89.8 Å². The van der Waals surface area contributed by atoms with Crippen molar-refractivity contribution >= 4 is 17.8 Å². The summed E-state index contributed by atoms with van der Waals surface area (Å²) in [4.78, 5) is 39.3. The number of ether oxygens (including phenoxy) is 1. The van der Waals surface area contributed by atoms with Gasteiger partial charge in [-0.15, -0.1) is 0 Å². The number of hydrogen-bond donors (Lipinski definition) is 2. The van der Waals surface area contributed by atoms with E-state index in [1.165, 1.54) is 4.90 Å². The van der Waals surface area contributed by atoms with Crippen LogP contribution in [0.25, 0.3) is 0 Å². The molecule has 7 heteroatoms. The SMILES string of the molecule is CCOC(=O)C(CCc1ccccc1)N[C@@H](C)C(=O)N1CCCCCCCCC1C(=O)O. The van der Waals surface area contributed by atoms with E-state index in [0.717, 1.165) is 44.1 Å². The lowest BCUT2D eigenvalue weighted by Crippen LogP contribution is -2.55. The smallest absolute Gasteiger partial charge is 0.326 e. The molecule has 1 fully saturated rings. The molecule has 3 atom stereocenters. The first-order chi connectivity index (χ1) is 15.4. The third-order valence-electron chi connectivity index (χ3n) is 6.03. The van der Waals surface area contributed by atoms with Crippen LogP contribution in [0.15, 0.2) is 30.3 Å². The molecule has 0 aromatic heterocycles. The van der Waals surface area contributed by atoms with E-state index in [1.807, 2.05) is 30.3 Å². The highest BCUT2D eigenvalue weighted by Crippen LogP contribution is 2.18. The Morgan fingerprint density at radius 2 is 1.75 bits per heavy atom. The number of esters is 1. The summed E-state index contributed by atoms with van der Waals surface area (Å²) in [5.41, 5.74) is 1.10. The van der Waals surface area contributed by atoms with Gasteiger partial charge < -0.3 is 14.7 Å². The van der Waals surface area contributed by atoms with Crippen molar-refractivity contribution in [3.8, 4) is 0 Å². The first kappa shape index (κ1) is 25.8. The Morgan fingerprint density at radius 3 is 2.41 bits per heavy atom. The van der Waals surface area contributed by atoms with E-state index >= 15 is 0 Å². The molecule has 178 valence electrons. The van der Waals surface area contributed by atoms with Crippen LogP contribution in [-0.4, -0.2) is 59.1 Å². The van der Waals surface area contributed by atoms with Gasteiger partial charge in [0.1, 0.15) is 12.1 Å². The van der Waals surface area contributed by atoms with Crippen LogP contribution in [0.4, 0.5) is 0 Å². The molecule has 1 aliphatic heterocycles. The molecule has 0 bridgehead atoms. The fourth-order valence-electron chi connectivity index (χ4n) is 4.25. The topological polar surface area (TPSA) is 95.9 Å². The summed E-state index contributed by atoms with van der Waals surface area (Å²) in [6.45, 7) is 4.15. The predicted octanol–water partition coefficient (Wildman–Crippen LogP) is 3.56. The normalized spacial score (nSPS) is 19.6. The Balaban J connectivity index is 2.09. The third kappa shape index (κ3) is 8.26. The number of carbonyl (C=O) groups excluding carboxylic acids is 2. The van der Waals surface area contributed by atoms with Gasteiger partial charge in [0.25, 0.3) is 0 Å². The average molecular weight is 447 g/mol. The van der Waals surface area contributed by atoms with Crippen LogP contribution in [0.1, 0.15) is 70.8 Å². The minimum absolute atomic E-state index is 0.262. The molecular formula is C25H38N2O5. The summed E-state index contributed by atoms with van der Waals surface area (Å²) in [6.07, 6.45) is 7.40. The maximum absolute atomic E-state index is 13.3. The van der Waals surface area contributed by atoms with Crippen molar-refractivity contribution in [2.75, 3.05) is 13.2 Å². The number of nitrogens with one attached hydrogen (secondary N) is 1. The summed E-state index contributed by atoms with van der Waals surface area (Å²) in [5, 5.41) is 12.9. The number of nitrogens with zero attached hydrogens (tertiary/aromatic N) is 1. The van der Waals surface area contributed by atoms with Gasteiger partial charge in [-0.1, -0.05) is 62.4 Å². The molecule has 0 spiro atoms. The molecule has 2 N–H and O–H groups in total. The number of amides is 1.